The normalized spacial score (nSPS) is 11.7. The van der Waals surface area contributed by atoms with Crippen LogP contribution in [0.2, 0.25) is 0 Å². The van der Waals surface area contributed by atoms with Crippen molar-refractivity contribution in [3.05, 3.63) is 12.3 Å². The Kier molecular flexibility index (Phi) is 5.46. The molecule has 0 bridgehead atoms. The number of carbonyl (C=O) groups is 1. The molecule has 0 saturated carbocycles. The van der Waals surface area contributed by atoms with Gasteiger partial charge in [-0.05, 0) is 0 Å². The van der Waals surface area contributed by atoms with E-state index >= 15 is 0 Å². The minimum absolute atomic E-state index is 0.120. The van der Waals surface area contributed by atoms with Crippen molar-refractivity contribution in [3.63, 3.8) is 0 Å². The number of hydrogen-bond donors (Lipinski definition) is 0. The van der Waals surface area contributed by atoms with Crippen molar-refractivity contribution in [1.29, 1.82) is 0 Å². The first-order chi connectivity index (χ1) is 5.45. The van der Waals surface area contributed by atoms with Crippen molar-refractivity contribution in [3.8, 4) is 0 Å². The maximum Gasteiger partial charge on any atom is 0.333 e. The quantitative estimate of drug-likeness (QED) is 0.324. The average Bonchev–Trinajstić information content (AvgIpc) is 1.96. The van der Waals surface area contributed by atoms with Crippen molar-refractivity contribution in [2.24, 2.45) is 0 Å². The van der Waals surface area contributed by atoms with E-state index in [0.29, 0.717) is 0 Å². The number of methoxy groups -OCH3 is 1. The molecule has 0 radical (unpaired) electrons. The Balaban J connectivity index is 3.56. The van der Waals surface area contributed by atoms with E-state index in [-0.39, 0.29) is 6.61 Å². The Hall–Kier alpha value is -0.120. The van der Waals surface area contributed by atoms with E-state index in [0.717, 1.165) is 12.3 Å². The fourth-order valence-electron chi connectivity index (χ4n) is 0.314. The minimum atomic E-state index is -1.47. The van der Waals surface area contributed by atoms with Gasteiger partial charge in [-0.25, -0.2) is 4.79 Å². The van der Waals surface area contributed by atoms with Gasteiger partial charge in [-0.15, -0.1) is 0 Å². The molecule has 3 nitrogen and oxygen atoms in total. The third-order valence-electron chi connectivity index (χ3n) is 0.749. The first-order valence-electron chi connectivity index (χ1n) is 2.88. The Bertz CT molecular complexity index is 173. The monoisotopic (exact) mass is 232 g/mol. The molecule has 70 valence electrons. The lowest BCUT2D eigenvalue weighted by Gasteiger charge is -2.08. The van der Waals surface area contributed by atoms with Crippen molar-refractivity contribution < 1.29 is 14.3 Å². The van der Waals surface area contributed by atoms with E-state index in [1.807, 2.05) is 0 Å². The number of alkyl halides is 3. The van der Waals surface area contributed by atoms with Gasteiger partial charge in [0.1, 0.15) is 6.61 Å². The predicted octanol–water partition coefficient (Wildman–Crippen LogP) is 2.06. The zero-order valence-electron chi connectivity index (χ0n) is 6.22. The van der Waals surface area contributed by atoms with Crippen molar-refractivity contribution in [1.82, 2.24) is 0 Å². The van der Waals surface area contributed by atoms with Crippen LogP contribution in [0.25, 0.3) is 0 Å². The van der Waals surface area contributed by atoms with Gasteiger partial charge in [-0.3, -0.25) is 0 Å². The molecule has 0 N–H and O–H groups in total. The van der Waals surface area contributed by atoms with E-state index in [9.17, 15) is 4.79 Å². The van der Waals surface area contributed by atoms with E-state index in [2.05, 4.69) is 4.74 Å². The molecule has 0 fully saturated rings. The summed E-state index contributed by atoms with van der Waals surface area (Å²) in [6.45, 7) is -0.120. The van der Waals surface area contributed by atoms with Crippen LogP contribution in [0.1, 0.15) is 0 Å². The third kappa shape index (κ3) is 7.98. The molecule has 0 unspecified atom stereocenters. The van der Waals surface area contributed by atoms with Gasteiger partial charge in [0.2, 0.25) is 3.79 Å². The molecule has 6 heteroatoms. The summed E-state index contributed by atoms with van der Waals surface area (Å²) in [5.41, 5.74) is 0. The molecule has 0 amide bonds. The summed E-state index contributed by atoms with van der Waals surface area (Å²) in [5, 5.41) is 0. The zero-order chi connectivity index (χ0) is 9.61. The lowest BCUT2D eigenvalue weighted by Crippen LogP contribution is -2.10. The number of ether oxygens (including phenoxy) is 2. The van der Waals surface area contributed by atoms with Gasteiger partial charge in [-0.1, -0.05) is 34.8 Å². The highest BCUT2D eigenvalue weighted by atomic mass is 35.6. The Morgan fingerprint density at radius 2 is 2.08 bits per heavy atom. The van der Waals surface area contributed by atoms with Gasteiger partial charge < -0.3 is 9.47 Å². The summed E-state index contributed by atoms with van der Waals surface area (Å²) in [6, 6.07) is 0. The first-order valence-corrected chi connectivity index (χ1v) is 4.02. The van der Waals surface area contributed by atoms with E-state index in [1.165, 1.54) is 7.11 Å². The maximum atomic E-state index is 10.4. The fourth-order valence-corrected chi connectivity index (χ4v) is 0.503. The molecule has 0 aromatic rings. The smallest absolute Gasteiger partial charge is 0.333 e. The molecule has 12 heavy (non-hydrogen) atoms. The molecule has 0 aliphatic carbocycles. The molecule has 0 aliphatic rings. The second kappa shape index (κ2) is 5.51. The van der Waals surface area contributed by atoms with Crippen LogP contribution in [0.4, 0.5) is 0 Å². The predicted molar refractivity (Wildman–Crippen MR) is 47.4 cm³/mol. The highest BCUT2D eigenvalue weighted by molar-refractivity contribution is 6.67. The average molecular weight is 233 g/mol. The third-order valence-corrected chi connectivity index (χ3v) is 1.08. The highest BCUT2D eigenvalue weighted by Crippen LogP contribution is 2.25. The molecule has 0 heterocycles. The number of halogens is 3. The van der Waals surface area contributed by atoms with E-state index in [1.54, 1.807) is 0 Å². The van der Waals surface area contributed by atoms with Crippen LogP contribution in [-0.2, 0) is 14.3 Å². The van der Waals surface area contributed by atoms with Crippen molar-refractivity contribution in [2.75, 3.05) is 13.7 Å². The topological polar surface area (TPSA) is 35.5 Å². The van der Waals surface area contributed by atoms with Crippen LogP contribution in [0.5, 0.6) is 0 Å². The second-order valence-corrected chi connectivity index (χ2v) is 4.27. The molecular weight excluding hydrogens is 226 g/mol. The molecule has 0 aromatic heterocycles. The SMILES string of the molecule is COC(=O)/C=C/OCC(Cl)(Cl)Cl. The largest absolute Gasteiger partial charge is 0.496 e. The van der Waals surface area contributed by atoms with Crippen LogP contribution in [0, 0.1) is 0 Å². The summed E-state index contributed by atoms with van der Waals surface area (Å²) in [6.07, 6.45) is 2.18. The second-order valence-electron chi connectivity index (χ2n) is 1.75. The molecule has 0 saturated heterocycles. The fraction of sp³-hybridized carbons (Fsp3) is 0.500. The van der Waals surface area contributed by atoms with Crippen LogP contribution < -0.4 is 0 Å². The van der Waals surface area contributed by atoms with Gasteiger partial charge in [0, 0.05) is 0 Å². The zero-order valence-corrected chi connectivity index (χ0v) is 8.49. The van der Waals surface area contributed by atoms with Gasteiger partial charge in [0.25, 0.3) is 0 Å². The standard InChI is InChI=1S/C6H7Cl3O3/c1-11-5(10)2-3-12-4-6(7,8)9/h2-3H,4H2,1H3/b3-2+. The molecule has 0 aliphatic heterocycles. The lowest BCUT2D eigenvalue weighted by molar-refractivity contribution is -0.134. The molecule has 0 atom stereocenters. The number of esters is 1. The Morgan fingerprint density at radius 3 is 2.50 bits per heavy atom. The number of rotatable bonds is 3. The van der Waals surface area contributed by atoms with Crippen LogP contribution >= 0.6 is 34.8 Å². The first kappa shape index (κ1) is 11.9. The molecule has 0 spiro atoms. The summed E-state index contributed by atoms with van der Waals surface area (Å²) < 4.78 is 7.50. The Labute approximate surface area is 85.2 Å². The number of hydrogen-bond acceptors (Lipinski definition) is 3. The summed E-state index contributed by atoms with van der Waals surface area (Å²) in [4.78, 5) is 10.4. The lowest BCUT2D eigenvalue weighted by atomic mass is 10.6. The molecule has 0 aromatic carbocycles. The highest BCUT2D eigenvalue weighted by Gasteiger charge is 2.19. The summed E-state index contributed by atoms with van der Waals surface area (Å²) >= 11 is 16.0. The molecular formula is C6H7Cl3O3. The minimum Gasteiger partial charge on any atom is -0.496 e. The van der Waals surface area contributed by atoms with E-state index < -0.39 is 9.76 Å². The van der Waals surface area contributed by atoms with Gasteiger partial charge in [0.05, 0.1) is 19.4 Å². The van der Waals surface area contributed by atoms with Crippen molar-refractivity contribution >= 4 is 40.8 Å². The van der Waals surface area contributed by atoms with Gasteiger partial charge >= 0.3 is 5.97 Å². The maximum absolute atomic E-state index is 10.4. The van der Waals surface area contributed by atoms with E-state index in [4.69, 9.17) is 39.5 Å². The van der Waals surface area contributed by atoms with Gasteiger partial charge in [-0.2, -0.15) is 0 Å². The Morgan fingerprint density at radius 1 is 1.50 bits per heavy atom. The van der Waals surface area contributed by atoms with Crippen LogP contribution in [-0.4, -0.2) is 23.5 Å². The summed E-state index contributed by atoms with van der Waals surface area (Å²) in [5.74, 6) is -0.528. The van der Waals surface area contributed by atoms with Crippen LogP contribution in [0.3, 0.4) is 0 Å². The number of carbonyl (C=O) groups excluding carboxylic acids is 1. The molecule has 0 rings (SSSR count). The van der Waals surface area contributed by atoms with Crippen LogP contribution in [0.15, 0.2) is 12.3 Å². The van der Waals surface area contributed by atoms with Gasteiger partial charge in [0.15, 0.2) is 0 Å². The summed E-state index contributed by atoms with van der Waals surface area (Å²) in [7, 11) is 1.25. The van der Waals surface area contributed by atoms with Crippen molar-refractivity contribution in [2.45, 2.75) is 3.79 Å².